The molecule has 1 spiro atoms. The number of carbonyl (C=O) groups is 2. The molecule has 3 heterocycles. The van der Waals surface area contributed by atoms with Crippen molar-refractivity contribution in [1.29, 1.82) is 0 Å². The first kappa shape index (κ1) is 15.4. The molecule has 2 saturated heterocycles. The minimum Gasteiger partial charge on any atom is -0.341 e. The maximum absolute atomic E-state index is 12.7. The third kappa shape index (κ3) is 2.44. The van der Waals surface area contributed by atoms with Gasteiger partial charge in [0, 0.05) is 39.3 Å². The zero-order valence-corrected chi connectivity index (χ0v) is 14.0. The van der Waals surface area contributed by atoms with Crippen LogP contribution in [0, 0.1) is 11.3 Å². The Bertz CT molecular complexity index is 742. The number of nitrogens with zero attached hydrogens (tertiary/aromatic N) is 3. The molecule has 0 N–H and O–H groups in total. The molecule has 0 unspecified atom stereocenters. The summed E-state index contributed by atoms with van der Waals surface area (Å²) in [5, 5.41) is 0. The lowest BCUT2D eigenvalue weighted by Gasteiger charge is -2.52. The minimum absolute atomic E-state index is 0.119. The van der Waals surface area contributed by atoms with Crippen molar-refractivity contribution in [2.75, 3.05) is 26.2 Å². The maximum atomic E-state index is 12.7. The third-order valence-electron chi connectivity index (χ3n) is 5.82. The van der Waals surface area contributed by atoms with Gasteiger partial charge in [0.1, 0.15) is 5.69 Å². The van der Waals surface area contributed by atoms with Crippen LogP contribution in [0.1, 0.15) is 36.2 Å². The second-order valence-electron chi connectivity index (χ2n) is 7.51. The molecule has 3 aliphatic rings. The molecule has 24 heavy (non-hydrogen) atoms. The number of hydrogen-bond acceptors (Lipinski definition) is 3. The number of carbonyl (C=O) groups excluding carboxylic acids is 2. The molecule has 0 aromatic carbocycles. The maximum Gasteiger partial charge on any atom is 0.270 e. The summed E-state index contributed by atoms with van der Waals surface area (Å²) in [4.78, 5) is 40.7. The Hall–Kier alpha value is -2.11. The van der Waals surface area contributed by atoms with E-state index in [1.54, 1.807) is 24.1 Å². The van der Waals surface area contributed by atoms with Crippen LogP contribution in [0.4, 0.5) is 0 Å². The number of rotatable bonds is 3. The van der Waals surface area contributed by atoms with Gasteiger partial charge in [0.2, 0.25) is 5.91 Å². The van der Waals surface area contributed by atoms with Crippen molar-refractivity contribution in [3.8, 4) is 0 Å². The molecule has 1 saturated carbocycles. The van der Waals surface area contributed by atoms with E-state index in [9.17, 15) is 14.4 Å². The zero-order chi connectivity index (χ0) is 16.9. The monoisotopic (exact) mass is 329 g/mol. The molecule has 0 bridgehead atoms. The fourth-order valence-electron chi connectivity index (χ4n) is 3.96. The fraction of sp³-hybridized carbons (Fsp3) is 0.611. The van der Waals surface area contributed by atoms with E-state index in [0.717, 1.165) is 31.8 Å². The normalized spacial score (nSPS) is 22.6. The first-order chi connectivity index (χ1) is 11.5. The van der Waals surface area contributed by atoms with Crippen molar-refractivity contribution in [2.45, 2.75) is 25.7 Å². The topological polar surface area (TPSA) is 62.6 Å². The molecule has 6 nitrogen and oxygen atoms in total. The third-order valence-corrected chi connectivity index (χ3v) is 5.82. The van der Waals surface area contributed by atoms with Crippen molar-refractivity contribution in [2.24, 2.45) is 18.4 Å². The number of hydrogen-bond donors (Lipinski definition) is 0. The molecule has 0 radical (unpaired) electrons. The summed E-state index contributed by atoms with van der Waals surface area (Å²) in [5.74, 6) is 0.896. The van der Waals surface area contributed by atoms with Crippen LogP contribution >= 0.6 is 0 Å². The van der Waals surface area contributed by atoms with Crippen molar-refractivity contribution in [3.05, 3.63) is 34.2 Å². The van der Waals surface area contributed by atoms with Gasteiger partial charge >= 0.3 is 0 Å². The van der Waals surface area contributed by atoms with Crippen LogP contribution in [0.15, 0.2) is 23.0 Å². The van der Waals surface area contributed by atoms with Gasteiger partial charge in [-0.2, -0.15) is 0 Å². The average molecular weight is 329 g/mol. The predicted molar refractivity (Wildman–Crippen MR) is 88.6 cm³/mol. The van der Waals surface area contributed by atoms with Crippen LogP contribution in [0.2, 0.25) is 0 Å². The SMILES string of the molecule is Cn1c(C(=O)N2CCC3(CC2)CN(CC2CC2)C3=O)cccc1=O. The summed E-state index contributed by atoms with van der Waals surface area (Å²) in [7, 11) is 1.62. The summed E-state index contributed by atoms with van der Waals surface area (Å²) in [6, 6.07) is 4.75. The molecule has 128 valence electrons. The molecule has 4 rings (SSSR count). The van der Waals surface area contributed by atoms with E-state index in [0.29, 0.717) is 18.8 Å². The lowest BCUT2D eigenvalue weighted by atomic mass is 9.71. The molecular weight excluding hydrogens is 306 g/mol. The number of piperidine rings is 1. The Morgan fingerprint density at radius 1 is 1.21 bits per heavy atom. The Labute approximate surface area is 141 Å². The van der Waals surface area contributed by atoms with Gasteiger partial charge in [-0.3, -0.25) is 14.4 Å². The number of likely N-dealkylation sites (tertiary alicyclic amines) is 2. The highest BCUT2D eigenvalue weighted by atomic mass is 16.2. The van der Waals surface area contributed by atoms with Crippen LogP contribution < -0.4 is 5.56 Å². The van der Waals surface area contributed by atoms with Crippen LogP contribution in [-0.4, -0.2) is 52.4 Å². The smallest absolute Gasteiger partial charge is 0.270 e. The minimum atomic E-state index is -0.228. The lowest BCUT2D eigenvalue weighted by Crippen LogP contribution is -2.65. The molecule has 2 aliphatic heterocycles. The largest absolute Gasteiger partial charge is 0.341 e. The summed E-state index contributed by atoms with van der Waals surface area (Å²) in [6.45, 7) is 2.96. The van der Waals surface area contributed by atoms with E-state index < -0.39 is 0 Å². The van der Waals surface area contributed by atoms with Crippen LogP contribution in [-0.2, 0) is 11.8 Å². The van der Waals surface area contributed by atoms with E-state index >= 15 is 0 Å². The molecule has 1 aromatic heterocycles. The van der Waals surface area contributed by atoms with E-state index in [-0.39, 0.29) is 22.8 Å². The van der Waals surface area contributed by atoms with Gasteiger partial charge < -0.3 is 14.4 Å². The summed E-state index contributed by atoms with van der Waals surface area (Å²) in [6.07, 6.45) is 3.99. The predicted octanol–water partition coefficient (Wildman–Crippen LogP) is 0.860. The molecular formula is C18H23N3O3. The Morgan fingerprint density at radius 2 is 1.92 bits per heavy atom. The van der Waals surface area contributed by atoms with Gasteiger partial charge in [-0.1, -0.05) is 6.07 Å². The Kier molecular flexibility index (Phi) is 3.51. The van der Waals surface area contributed by atoms with E-state index in [2.05, 4.69) is 0 Å². The quantitative estimate of drug-likeness (QED) is 0.773. The summed E-state index contributed by atoms with van der Waals surface area (Å²) in [5.41, 5.74) is 0.00166. The number of aromatic nitrogens is 1. The van der Waals surface area contributed by atoms with E-state index in [1.165, 1.54) is 23.5 Å². The highest BCUT2D eigenvalue weighted by Gasteiger charge is 2.54. The van der Waals surface area contributed by atoms with E-state index in [1.807, 2.05) is 4.90 Å². The van der Waals surface area contributed by atoms with E-state index in [4.69, 9.17) is 0 Å². The molecule has 0 atom stereocenters. The first-order valence-corrected chi connectivity index (χ1v) is 8.75. The van der Waals surface area contributed by atoms with Gasteiger partial charge in [0.25, 0.3) is 11.5 Å². The van der Waals surface area contributed by atoms with Crippen molar-refractivity contribution < 1.29 is 9.59 Å². The molecule has 1 aromatic rings. The highest BCUT2D eigenvalue weighted by molar-refractivity contribution is 5.93. The van der Waals surface area contributed by atoms with Gasteiger partial charge in [0.05, 0.1) is 5.41 Å². The van der Waals surface area contributed by atoms with Gasteiger partial charge in [-0.15, -0.1) is 0 Å². The van der Waals surface area contributed by atoms with Crippen LogP contribution in [0.25, 0.3) is 0 Å². The molecule has 1 aliphatic carbocycles. The van der Waals surface area contributed by atoms with Gasteiger partial charge in [0.15, 0.2) is 0 Å². The summed E-state index contributed by atoms with van der Waals surface area (Å²) >= 11 is 0. The average Bonchev–Trinajstić information content (AvgIpc) is 3.41. The number of β-lactam (4-membered cyclic amide) rings is 1. The summed E-state index contributed by atoms with van der Waals surface area (Å²) < 4.78 is 1.39. The van der Waals surface area contributed by atoms with Crippen molar-refractivity contribution in [1.82, 2.24) is 14.4 Å². The highest BCUT2D eigenvalue weighted by Crippen LogP contribution is 2.44. The molecule has 3 fully saturated rings. The second kappa shape index (κ2) is 5.46. The number of pyridine rings is 1. The molecule has 6 heteroatoms. The van der Waals surface area contributed by atoms with Crippen molar-refractivity contribution >= 4 is 11.8 Å². The lowest BCUT2D eigenvalue weighted by molar-refractivity contribution is -0.165. The Morgan fingerprint density at radius 3 is 2.54 bits per heavy atom. The second-order valence-corrected chi connectivity index (χ2v) is 7.51. The molecule has 2 amide bonds. The Balaban J connectivity index is 1.39. The van der Waals surface area contributed by atoms with Crippen LogP contribution in [0.5, 0.6) is 0 Å². The number of amides is 2. The van der Waals surface area contributed by atoms with Crippen LogP contribution in [0.3, 0.4) is 0 Å². The van der Waals surface area contributed by atoms with Gasteiger partial charge in [-0.05, 0) is 37.7 Å². The van der Waals surface area contributed by atoms with Crippen molar-refractivity contribution in [3.63, 3.8) is 0 Å². The standard InChI is InChI=1S/C18H23N3O3/c1-19-14(3-2-4-15(19)22)16(23)20-9-7-18(8-10-20)12-21(17(18)24)11-13-5-6-13/h2-4,13H,5-12H2,1H3. The fourth-order valence-corrected chi connectivity index (χ4v) is 3.96. The van der Waals surface area contributed by atoms with Gasteiger partial charge in [-0.25, -0.2) is 0 Å². The first-order valence-electron chi connectivity index (χ1n) is 8.75. The zero-order valence-electron chi connectivity index (χ0n) is 14.0.